The molecule has 2 aliphatic carbocycles. The number of rotatable bonds is 4. The molecule has 128 valence electrons. The molecule has 2 aliphatic rings. The number of carbonyl (C=O) groups excluding carboxylic acids is 1. The Bertz CT molecular complexity index is 652. The van der Waals surface area contributed by atoms with Gasteiger partial charge in [-0.05, 0) is 18.3 Å². The van der Waals surface area contributed by atoms with Gasteiger partial charge in [0.1, 0.15) is 11.3 Å². The molecule has 1 amide bonds. The number of alkyl halides is 5. The SMILES string of the molecule is CC1(Cn2nc(C3CC3)c(C(F)(F)F)c2C(N)=O)CC(F)(F)C1. The van der Waals surface area contributed by atoms with Gasteiger partial charge in [0.2, 0.25) is 5.92 Å². The minimum Gasteiger partial charge on any atom is -0.364 e. The quantitative estimate of drug-likeness (QED) is 0.857. The topological polar surface area (TPSA) is 60.9 Å². The number of amides is 1. The highest BCUT2D eigenvalue weighted by Gasteiger charge is 2.54. The second-order valence-electron chi connectivity index (χ2n) is 6.92. The Morgan fingerprint density at radius 2 is 1.91 bits per heavy atom. The zero-order valence-electron chi connectivity index (χ0n) is 12.4. The maximum atomic E-state index is 13.3. The molecule has 0 aliphatic heterocycles. The molecule has 9 heteroatoms. The number of nitrogens with two attached hydrogens (primary N) is 1. The number of hydrogen-bond donors (Lipinski definition) is 1. The largest absolute Gasteiger partial charge is 0.420 e. The van der Waals surface area contributed by atoms with Gasteiger partial charge in [0, 0.05) is 25.3 Å². The Morgan fingerprint density at radius 3 is 2.30 bits per heavy atom. The first kappa shape index (κ1) is 16.2. The van der Waals surface area contributed by atoms with Crippen molar-refractivity contribution in [3.05, 3.63) is 17.0 Å². The second-order valence-corrected chi connectivity index (χ2v) is 6.92. The van der Waals surface area contributed by atoms with Gasteiger partial charge >= 0.3 is 6.18 Å². The third-order valence-corrected chi connectivity index (χ3v) is 4.36. The summed E-state index contributed by atoms with van der Waals surface area (Å²) >= 11 is 0. The van der Waals surface area contributed by atoms with E-state index in [0.29, 0.717) is 12.8 Å². The van der Waals surface area contributed by atoms with E-state index < -0.39 is 47.5 Å². The minimum absolute atomic E-state index is 0.184. The molecule has 4 nitrogen and oxygen atoms in total. The molecule has 0 radical (unpaired) electrons. The van der Waals surface area contributed by atoms with Gasteiger partial charge in [-0.1, -0.05) is 6.92 Å². The van der Waals surface area contributed by atoms with Gasteiger partial charge in [-0.15, -0.1) is 0 Å². The summed E-state index contributed by atoms with van der Waals surface area (Å²) < 4.78 is 67.1. The van der Waals surface area contributed by atoms with Gasteiger partial charge < -0.3 is 5.73 Å². The Hall–Kier alpha value is -1.67. The van der Waals surface area contributed by atoms with E-state index in [9.17, 15) is 26.7 Å². The van der Waals surface area contributed by atoms with Crippen molar-refractivity contribution in [2.24, 2.45) is 11.1 Å². The van der Waals surface area contributed by atoms with Gasteiger partial charge in [-0.3, -0.25) is 9.48 Å². The highest BCUT2D eigenvalue weighted by molar-refractivity contribution is 5.93. The van der Waals surface area contributed by atoms with Crippen LogP contribution in [0.1, 0.15) is 60.3 Å². The third kappa shape index (κ3) is 2.92. The van der Waals surface area contributed by atoms with Crippen molar-refractivity contribution < 1.29 is 26.7 Å². The summed E-state index contributed by atoms with van der Waals surface area (Å²) in [7, 11) is 0. The lowest BCUT2D eigenvalue weighted by atomic mass is 9.67. The number of aromatic nitrogens is 2. The maximum absolute atomic E-state index is 13.3. The zero-order chi connectivity index (χ0) is 17.2. The summed E-state index contributed by atoms with van der Waals surface area (Å²) in [6.07, 6.45) is -4.53. The van der Waals surface area contributed by atoms with Gasteiger partial charge in [0.05, 0.1) is 5.69 Å². The molecular formula is C14H16F5N3O. The van der Waals surface area contributed by atoms with E-state index in [4.69, 9.17) is 5.73 Å². The first-order valence-corrected chi connectivity index (χ1v) is 7.27. The molecule has 1 aromatic heterocycles. The highest BCUT2D eigenvalue weighted by atomic mass is 19.4. The van der Waals surface area contributed by atoms with Crippen LogP contribution in [0, 0.1) is 5.41 Å². The molecule has 23 heavy (non-hydrogen) atoms. The molecule has 0 bridgehead atoms. The van der Waals surface area contributed by atoms with E-state index >= 15 is 0 Å². The zero-order valence-corrected chi connectivity index (χ0v) is 12.4. The number of halogens is 5. The van der Waals surface area contributed by atoms with E-state index in [1.54, 1.807) is 6.92 Å². The number of carbonyl (C=O) groups is 1. The molecule has 3 rings (SSSR count). The van der Waals surface area contributed by atoms with E-state index in [1.165, 1.54) is 0 Å². The summed E-state index contributed by atoms with van der Waals surface area (Å²) in [6.45, 7) is 1.36. The summed E-state index contributed by atoms with van der Waals surface area (Å²) in [5, 5.41) is 3.93. The number of hydrogen-bond acceptors (Lipinski definition) is 2. The average molecular weight is 337 g/mol. The van der Waals surface area contributed by atoms with Crippen molar-refractivity contribution in [2.75, 3.05) is 0 Å². The maximum Gasteiger partial charge on any atom is 0.420 e. The summed E-state index contributed by atoms with van der Waals surface area (Å²) in [5.74, 6) is -4.41. The normalized spacial score (nSPS) is 22.7. The smallest absolute Gasteiger partial charge is 0.364 e. The van der Waals surface area contributed by atoms with Gasteiger partial charge in [-0.25, -0.2) is 8.78 Å². The van der Waals surface area contributed by atoms with E-state index in [2.05, 4.69) is 5.10 Å². The molecule has 0 spiro atoms. The highest BCUT2D eigenvalue weighted by Crippen LogP contribution is 2.53. The lowest BCUT2D eigenvalue weighted by molar-refractivity contribution is -0.160. The molecule has 0 saturated heterocycles. The lowest BCUT2D eigenvalue weighted by Crippen LogP contribution is -2.47. The molecule has 2 N–H and O–H groups in total. The Morgan fingerprint density at radius 1 is 1.35 bits per heavy atom. The van der Waals surface area contributed by atoms with Gasteiger partial charge in [-0.2, -0.15) is 18.3 Å². The minimum atomic E-state index is -4.76. The Balaban J connectivity index is 2.02. The van der Waals surface area contributed by atoms with Crippen LogP contribution in [-0.4, -0.2) is 21.6 Å². The fraction of sp³-hybridized carbons (Fsp3) is 0.714. The number of primary amides is 1. The van der Waals surface area contributed by atoms with Crippen LogP contribution in [0.2, 0.25) is 0 Å². The molecule has 2 saturated carbocycles. The van der Waals surface area contributed by atoms with Crippen LogP contribution in [0.4, 0.5) is 22.0 Å². The van der Waals surface area contributed by atoms with Crippen LogP contribution in [0.25, 0.3) is 0 Å². The molecule has 2 fully saturated rings. The average Bonchev–Trinajstić information content (AvgIpc) is 3.06. The van der Waals surface area contributed by atoms with Crippen molar-refractivity contribution in [1.82, 2.24) is 9.78 Å². The van der Waals surface area contributed by atoms with Crippen LogP contribution in [0.3, 0.4) is 0 Å². The third-order valence-electron chi connectivity index (χ3n) is 4.36. The molecule has 0 atom stereocenters. The molecular weight excluding hydrogens is 321 g/mol. The van der Waals surface area contributed by atoms with Crippen molar-refractivity contribution in [2.45, 2.75) is 57.2 Å². The van der Waals surface area contributed by atoms with Gasteiger partial charge in [0.15, 0.2) is 0 Å². The fourth-order valence-electron chi connectivity index (χ4n) is 3.44. The van der Waals surface area contributed by atoms with Crippen LogP contribution in [0.5, 0.6) is 0 Å². The Labute approximate surface area is 128 Å². The van der Waals surface area contributed by atoms with E-state index in [-0.39, 0.29) is 18.2 Å². The summed E-state index contributed by atoms with van der Waals surface area (Å²) in [6, 6.07) is 0. The summed E-state index contributed by atoms with van der Waals surface area (Å²) in [5.41, 5.74) is 2.20. The fourth-order valence-corrected chi connectivity index (χ4v) is 3.44. The van der Waals surface area contributed by atoms with Gasteiger partial charge in [0.25, 0.3) is 5.91 Å². The first-order valence-electron chi connectivity index (χ1n) is 7.27. The predicted molar refractivity (Wildman–Crippen MR) is 70.0 cm³/mol. The van der Waals surface area contributed by atoms with Crippen molar-refractivity contribution in [3.8, 4) is 0 Å². The van der Waals surface area contributed by atoms with Crippen LogP contribution in [-0.2, 0) is 12.7 Å². The van der Waals surface area contributed by atoms with Crippen LogP contribution < -0.4 is 5.73 Å². The predicted octanol–water partition coefficient (Wildman–Crippen LogP) is 3.31. The molecule has 1 heterocycles. The summed E-state index contributed by atoms with van der Waals surface area (Å²) in [4.78, 5) is 11.6. The molecule has 0 unspecified atom stereocenters. The van der Waals surface area contributed by atoms with Crippen molar-refractivity contribution >= 4 is 5.91 Å². The van der Waals surface area contributed by atoms with E-state index in [0.717, 1.165) is 4.68 Å². The van der Waals surface area contributed by atoms with Crippen molar-refractivity contribution in [3.63, 3.8) is 0 Å². The van der Waals surface area contributed by atoms with Crippen LogP contribution >= 0.6 is 0 Å². The van der Waals surface area contributed by atoms with Crippen LogP contribution in [0.15, 0.2) is 0 Å². The number of nitrogens with zero attached hydrogens (tertiary/aromatic N) is 2. The molecule has 1 aromatic rings. The molecule has 0 aromatic carbocycles. The Kier molecular flexibility index (Phi) is 3.29. The van der Waals surface area contributed by atoms with E-state index in [1.807, 2.05) is 0 Å². The van der Waals surface area contributed by atoms with Crippen molar-refractivity contribution in [1.29, 1.82) is 0 Å². The lowest BCUT2D eigenvalue weighted by Gasteiger charge is -2.44. The monoisotopic (exact) mass is 337 g/mol. The second kappa shape index (κ2) is 4.67. The standard InChI is InChI=1S/C14H16F5N3O/c1-12(4-13(15,16)5-12)6-22-10(11(20)23)8(14(17,18)19)9(21-22)7-2-3-7/h7H,2-6H2,1H3,(H2,20,23). The first-order chi connectivity index (χ1) is 10.4.